The number of carbonyl (C=O) groups is 1. The maximum absolute atomic E-state index is 12.4. The number of halogens is 1. The molecule has 1 N–H and O–H groups in total. The highest BCUT2D eigenvalue weighted by atomic mass is 35.5. The number of benzene rings is 2. The third kappa shape index (κ3) is 6.47. The quantitative estimate of drug-likeness (QED) is 0.247. The smallest absolute Gasteiger partial charge is 0.268 e. The molecule has 0 aliphatic heterocycles. The van der Waals surface area contributed by atoms with E-state index in [1.807, 2.05) is 38.1 Å². The molecule has 2 aromatic carbocycles. The number of carbonyl (C=O) groups excluding carboxylic acids is 1. The Morgan fingerprint density at radius 3 is 2.59 bits per heavy atom. The molecule has 0 radical (unpaired) electrons. The van der Waals surface area contributed by atoms with Crippen molar-refractivity contribution in [1.29, 1.82) is 5.26 Å². The predicted octanol–water partition coefficient (Wildman–Crippen LogP) is 5.13. The van der Waals surface area contributed by atoms with Crippen LogP contribution in [0.25, 0.3) is 6.08 Å². The van der Waals surface area contributed by atoms with Crippen molar-refractivity contribution in [2.45, 2.75) is 20.8 Å². The molecule has 8 nitrogen and oxygen atoms in total. The number of nitriles is 1. The minimum Gasteiger partial charge on any atom is -0.493 e. The second-order valence-electron chi connectivity index (χ2n) is 7.25. The van der Waals surface area contributed by atoms with Crippen molar-refractivity contribution in [3.8, 4) is 23.3 Å². The molecular formula is C24H23ClN4O4S. The Balaban J connectivity index is 1.69. The lowest BCUT2D eigenvalue weighted by Crippen LogP contribution is -2.13. The van der Waals surface area contributed by atoms with Gasteiger partial charge in [0.25, 0.3) is 5.91 Å². The predicted molar refractivity (Wildman–Crippen MR) is 132 cm³/mol. The van der Waals surface area contributed by atoms with E-state index in [-0.39, 0.29) is 17.2 Å². The van der Waals surface area contributed by atoms with Crippen LogP contribution in [-0.2, 0) is 4.79 Å². The molecule has 1 heterocycles. The van der Waals surface area contributed by atoms with Crippen LogP contribution < -0.4 is 19.5 Å². The number of ether oxygens (including phenoxy) is 3. The Kier molecular flexibility index (Phi) is 8.46. The minimum absolute atomic E-state index is 0.124. The molecule has 0 saturated heterocycles. The highest BCUT2D eigenvalue weighted by molar-refractivity contribution is 7.15. The van der Waals surface area contributed by atoms with Gasteiger partial charge in [-0.05, 0) is 61.7 Å². The van der Waals surface area contributed by atoms with Gasteiger partial charge in [-0.25, -0.2) is 0 Å². The third-order valence-corrected chi connectivity index (χ3v) is 5.64. The van der Waals surface area contributed by atoms with E-state index in [2.05, 4.69) is 15.5 Å². The molecular weight excluding hydrogens is 476 g/mol. The first-order valence-corrected chi connectivity index (χ1v) is 11.4. The van der Waals surface area contributed by atoms with Crippen molar-refractivity contribution in [2.75, 3.05) is 25.6 Å². The fourth-order valence-corrected chi connectivity index (χ4v) is 3.81. The van der Waals surface area contributed by atoms with Gasteiger partial charge in [-0.3, -0.25) is 10.1 Å². The normalized spacial score (nSPS) is 11.0. The molecule has 10 heteroatoms. The summed E-state index contributed by atoms with van der Waals surface area (Å²) in [5.74, 6) is 0.909. The van der Waals surface area contributed by atoms with Crippen LogP contribution >= 0.6 is 22.9 Å². The molecule has 0 saturated carbocycles. The molecule has 0 spiro atoms. The first kappa shape index (κ1) is 25.0. The Bertz CT molecular complexity index is 1270. The third-order valence-electron chi connectivity index (χ3n) is 4.61. The number of aryl methyl sites for hydroxylation is 3. The number of hydrogen-bond acceptors (Lipinski definition) is 8. The zero-order valence-corrected chi connectivity index (χ0v) is 20.7. The first-order valence-electron chi connectivity index (χ1n) is 10.2. The summed E-state index contributed by atoms with van der Waals surface area (Å²) in [6, 6.07) is 11.1. The van der Waals surface area contributed by atoms with Gasteiger partial charge in [-0.15, -0.1) is 10.2 Å². The Labute approximate surface area is 206 Å². The van der Waals surface area contributed by atoms with Gasteiger partial charge in [0.2, 0.25) is 5.13 Å². The molecule has 3 rings (SSSR count). The van der Waals surface area contributed by atoms with Crippen molar-refractivity contribution in [2.24, 2.45) is 0 Å². The van der Waals surface area contributed by atoms with E-state index < -0.39 is 5.91 Å². The summed E-state index contributed by atoms with van der Waals surface area (Å²) in [5.41, 5.74) is 2.53. The van der Waals surface area contributed by atoms with Crippen LogP contribution in [-0.4, -0.2) is 36.4 Å². The zero-order valence-electron chi connectivity index (χ0n) is 19.1. The van der Waals surface area contributed by atoms with E-state index in [1.165, 1.54) is 24.5 Å². The molecule has 3 aromatic rings. The van der Waals surface area contributed by atoms with Gasteiger partial charge in [-0.1, -0.05) is 35.1 Å². The standard InChI is InChI=1S/C24H23ClN4O4S/c1-14-5-6-15(2)20(9-14)32-7-8-33-22-19(25)11-17(12-21(22)31-4)10-18(13-26)23(30)27-24-29-28-16(3)34-24/h5-6,9-12H,7-8H2,1-4H3,(H,27,29,30). The Hall–Kier alpha value is -3.61. The topological polar surface area (TPSA) is 106 Å². The van der Waals surface area contributed by atoms with Crippen LogP contribution in [0.2, 0.25) is 5.02 Å². The van der Waals surface area contributed by atoms with Crippen LogP contribution in [0.5, 0.6) is 17.2 Å². The molecule has 0 fully saturated rings. The van der Waals surface area contributed by atoms with E-state index >= 15 is 0 Å². The summed E-state index contributed by atoms with van der Waals surface area (Å²) in [6.45, 7) is 6.30. The summed E-state index contributed by atoms with van der Waals surface area (Å²) in [6.07, 6.45) is 1.41. The summed E-state index contributed by atoms with van der Waals surface area (Å²) in [4.78, 5) is 12.4. The maximum atomic E-state index is 12.4. The van der Waals surface area contributed by atoms with Crippen LogP contribution in [0, 0.1) is 32.1 Å². The van der Waals surface area contributed by atoms with Gasteiger partial charge in [-0.2, -0.15) is 5.26 Å². The van der Waals surface area contributed by atoms with Crippen LogP contribution in [0.4, 0.5) is 5.13 Å². The number of methoxy groups -OCH3 is 1. The second kappa shape index (κ2) is 11.5. The van der Waals surface area contributed by atoms with E-state index in [1.54, 1.807) is 19.1 Å². The lowest BCUT2D eigenvalue weighted by Gasteiger charge is -2.15. The number of amides is 1. The highest BCUT2D eigenvalue weighted by Gasteiger charge is 2.15. The monoisotopic (exact) mass is 498 g/mol. The average Bonchev–Trinajstić information content (AvgIpc) is 3.22. The fraction of sp³-hybridized carbons (Fsp3) is 0.250. The molecule has 1 aromatic heterocycles. The van der Waals surface area contributed by atoms with Gasteiger partial charge in [0.05, 0.1) is 12.1 Å². The molecule has 0 aliphatic carbocycles. The van der Waals surface area contributed by atoms with E-state index in [9.17, 15) is 10.1 Å². The van der Waals surface area contributed by atoms with E-state index in [4.69, 9.17) is 25.8 Å². The Morgan fingerprint density at radius 1 is 1.15 bits per heavy atom. The molecule has 0 bridgehead atoms. The van der Waals surface area contributed by atoms with Crippen LogP contribution in [0.15, 0.2) is 35.9 Å². The lowest BCUT2D eigenvalue weighted by molar-refractivity contribution is -0.112. The molecule has 176 valence electrons. The summed E-state index contributed by atoms with van der Waals surface area (Å²) in [7, 11) is 1.48. The van der Waals surface area contributed by atoms with Gasteiger partial charge >= 0.3 is 0 Å². The van der Waals surface area contributed by atoms with E-state index in [0.29, 0.717) is 33.8 Å². The van der Waals surface area contributed by atoms with Gasteiger partial charge in [0.15, 0.2) is 11.5 Å². The second-order valence-corrected chi connectivity index (χ2v) is 8.84. The van der Waals surface area contributed by atoms with Crippen LogP contribution in [0.3, 0.4) is 0 Å². The number of rotatable bonds is 9. The van der Waals surface area contributed by atoms with Gasteiger partial charge in [0, 0.05) is 0 Å². The summed E-state index contributed by atoms with van der Waals surface area (Å²) < 4.78 is 17.0. The minimum atomic E-state index is -0.599. The number of nitrogens with one attached hydrogen (secondary N) is 1. The fourth-order valence-electron chi connectivity index (χ4n) is 2.95. The van der Waals surface area contributed by atoms with E-state index in [0.717, 1.165) is 16.9 Å². The van der Waals surface area contributed by atoms with Crippen molar-refractivity contribution in [3.05, 3.63) is 62.6 Å². The first-order chi connectivity index (χ1) is 16.3. The molecule has 34 heavy (non-hydrogen) atoms. The van der Waals surface area contributed by atoms with Crippen molar-refractivity contribution in [1.82, 2.24) is 10.2 Å². The number of aromatic nitrogens is 2. The van der Waals surface area contributed by atoms with Gasteiger partial charge in [0.1, 0.15) is 35.6 Å². The number of nitrogens with zero attached hydrogens (tertiary/aromatic N) is 3. The van der Waals surface area contributed by atoms with Crippen molar-refractivity contribution >= 4 is 40.1 Å². The summed E-state index contributed by atoms with van der Waals surface area (Å²) >= 11 is 7.63. The number of anilines is 1. The Morgan fingerprint density at radius 2 is 1.91 bits per heavy atom. The maximum Gasteiger partial charge on any atom is 0.268 e. The SMILES string of the molecule is COc1cc(C=C(C#N)C(=O)Nc2nnc(C)s2)cc(Cl)c1OCCOc1cc(C)ccc1C. The summed E-state index contributed by atoms with van der Waals surface area (Å²) in [5, 5.41) is 21.0. The van der Waals surface area contributed by atoms with Gasteiger partial charge < -0.3 is 14.2 Å². The van der Waals surface area contributed by atoms with Crippen molar-refractivity contribution < 1.29 is 19.0 Å². The molecule has 1 amide bonds. The lowest BCUT2D eigenvalue weighted by atomic mass is 10.1. The molecule has 0 atom stereocenters. The highest BCUT2D eigenvalue weighted by Crippen LogP contribution is 2.37. The largest absolute Gasteiger partial charge is 0.493 e. The van der Waals surface area contributed by atoms with Crippen LogP contribution in [0.1, 0.15) is 21.7 Å². The molecule has 0 aliphatic rings. The number of hydrogen-bond donors (Lipinski definition) is 1. The zero-order chi connectivity index (χ0) is 24.7. The molecule has 0 unspecified atom stereocenters. The average molecular weight is 499 g/mol. The van der Waals surface area contributed by atoms with Crippen molar-refractivity contribution in [3.63, 3.8) is 0 Å².